The Morgan fingerprint density at radius 1 is 0.216 bits per heavy atom. The highest BCUT2D eigenvalue weighted by Gasteiger charge is 2.42. The van der Waals surface area contributed by atoms with Gasteiger partial charge >= 0.3 is 0 Å². The molecular formula is C104H124N4O8. The molecule has 5 aliphatic rings. The Kier molecular flexibility index (Phi) is 33.0. The van der Waals surface area contributed by atoms with E-state index in [9.17, 15) is 0 Å². The Balaban J connectivity index is 1.14. The smallest absolute Gasteiger partial charge is 0.231 e. The topological polar surface area (TPSA) is 125 Å². The van der Waals surface area contributed by atoms with E-state index in [0.717, 1.165) is 169 Å². The molecule has 0 atom stereocenters. The average molecular weight is 1560 g/mol. The van der Waals surface area contributed by atoms with E-state index >= 15 is 0 Å². The normalized spacial score (nSPS) is 15.6. The van der Waals surface area contributed by atoms with Crippen LogP contribution in [0.2, 0.25) is 0 Å². The molecular weight excluding hydrogens is 1430 g/mol. The quantitative estimate of drug-likeness (QED) is 0.0268. The van der Waals surface area contributed by atoms with Crippen molar-refractivity contribution in [2.75, 3.05) is 27.2 Å². The van der Waals surface area contributed by atoms with Crippen molar-refractivity contribution in [2.45, 2.75) is 308 Å². The molecule has 13 rings (SSSR count). The van der Waals surface area contributed by atoms with Gasteiger partial charge in [-0.3, -0.25) is 19.9 Å². The Hall–Kier alpha value is -9.88. The molecule has 0 unspecified atom stereocenters. The summed E-state index contributed by atoms with van der Waals surface area (Å²) in [6, 6.07) is 25.7. The number of pyridine rings is 4. The van der Waals surface area contributed by atoms with Crippen molar-refractivity contribution >= 4 is 0 Å². The molecule has 1 aliphatic carbocycles. The molecule has 0 fully saturated rings. The predicted octanol–water partition coefficient (Wildman–Crippen LogP) is 26.3. The van der Waals surface area contributed by atoms with Crippen molar-refractivity contribution in [3.8, 4) is 93.4 Å². The first-order chi connectivity index (χ1) is 57.5. The second-order valence-corrected chi connectivity index (χ2v) is 32.6. The maximum Gasteiger partial charge on any atom is 0.231 e. The van der Waals surface area contributed by atoms with Gasteiger partial charge in [-0.1, -0.05) is 306 Å². The van der Waals surface area contributed by atoms with Gasteiger partial charge in [-0.25, -0.2) is 0 Å². The summed E-state index contributed by atoms with van der Waals surface area (Å²) in [6.07, 6.45) is 60.2. The largest absolute Gasteiger partial charge is 0.456 e. The third-order valence-electron chi connectivity index (χ3n) is 24.2. The van der Waals surface area contributed by atoms with E-state index in [4.69, 9.17) is 37.9 Å². The summed E-state index contributed by atoms with van der Waals surface area (Å²) < 4.78 is 59.2. The minimum atomic E-state index is -0.312. The number of nitrogens with zero attached hydrogens (tertiary/aromatic N) is 4. The molecule has 0 amide bonds. The minimum absolute atomic E-state index is 0.157. The van der Waals surface area contributed by atoms with Crippen molar-refractivity contribution in [2.24, 2.45) is 0 Å². The Morgan fingerprint density at radius 3 is 0.534 bits per heavy atom. The van der Waals surface area contributed by atoms with E-state index in [1.807, 2.05) is 48.5 Å². The molecule has 12 heteroatoms. The molecule has 4 aromatic carbocycles. The van der Waals surface area contributed by atoms with Crippen LogP contribution in [0.4, 0.5) is 0 Å². The highest BCUT2D eigenvalue weighted by molar-refractivity contribution is 5.75. The zero-order valence-corrected chi connectivity index (χ0v) is 70.0. The number of unbranched alkanes of at least 4 members (excludes halogenated alkanes) is 32. The standard InChI is InChI=1S/C104H124N4O8/c1-5-9-13-17-21-25-29-33-37-41-81-89-69-91-82(42-38-34-30-26-22-18-14-10-6-2)93-71-95-84(44-40-36-32-28-24-20-16-12-8-4)96-72-94-83(43-39-35-31-27-23-19-15-11-7-3)92-70-90(81)98-86(50-46-78-55-63-106-64-56-78)100(92)112-75-114-102(94)88(52-48-80-59-67-108-68-60-80)104(96)116-76-115-103(95)87(51-47-79-57-65-107-66-58-79)101(93)113-74-111-99(91)85(97(89)109-73-110-98)49-45-77-53-61-105-62-54-77/h53-72,81-84H,5-44,73-76H2,1-4H3. The molecule has 0 spiro atoms. The fourth-order valence-electron chi connectivity index (χ4n) is 18.0. The minimum Gasteiger partial charge on any atom is -0.456 e. The lowest BCUT2D eigenvalue weighted by molar-refractivity contribution is 0.0973. The van der Waals surface area contributed by atoms with Gasteiger partial charge in [0.1, 0.15) is 68.2 Å². The van der Waals surface area contributed by atoms with Crippen molar-refractivity contribution in [3.63, 3.8) is 0 Å². The summed E-state index contributed by atoms with van der Waals surface area (Å²) in [5, 5.41) is 0. The monoisotopic (exact) mass is 1560 g/mol. The third-order valence-corrected chi connectivity index (χ3v) is 24.2. The Labute approximate surface area is 693 Å². The van der Waals surface area contributed by atoms with E-state index in [1.165, 1.54) is 154 Å². The van der Waals surface area contributed by atoms with Crippen LogP contribution < -0.4 is 37.9 Å². The number of hydrogen-bond acceptors (Lipinski definition) is 12. The lowest BCUT2D eigenvalue weighted by atomic mass is 9.74. The van der Waals surface area contributed by atoms with Crippen molar-refractivity contribution < 1.29 is 37.9 Å². The first kappa shape index (κ1) is 84.0. The summed E-state index contributed by atoms with van der Waals surface area (Å²) >= 11 is 0. The van der Waals surface area contributed by atoms with Crippen molar-refractivity contribution in [1.29, 1.82) is 0 Å². The van der Waals surface area contributed by atoms with E-state index in [1.54, 1.807) is 49.6 Å². The molecule has 12 nitrogen and oxygen atoms in total. The maximum atomic E-state index is 7.40. The molecule has 4 aromatic heterocycles. The van der Waals surface area contributed by atoms with Crippen molar-refractivity contribution in [1.82, 2.24) is 19.9 Å². The number of ether oxygens (including phenoxy) is 8. The second-order valence-electron chi connectivity index (χ2n) is 32.6. The summed E-state index contributed by atoms with van der Waals surface area (Å²) in [5.41, 5.74) is 14.2. The Morgan fingerprint density at radius 2 is 0.371 bits per heavy atom. The highest BCUT2D eigenvalue weighted by Crippen LogP contribution is 2.59. The first-order valence-corrected chi connectivity index (χ1v) is 45.1. The molecule has 4 aliphatic heterocycles. The molecule has 0 saturated heterocycles. The first-order valence-electron chi connectivity index (χ1n) is 45.1. The van der Waals surface area contributed by atoms with Crippen LogP contribution >= 0.6 is 0 Å². The van der Waals surface area contributed by atoms with E-state index in [0.29, 0.717) is 68.2 Å². The van der Waals surface area contributed by atoms with Crippen molar-refractivity contribution in [3.05, 3.63) is 211 Å². The molecule has 8 heterocycles. The van der Waals surface area contributed by atoms with Gasteiger partial charge in [0, 0.05) is 140 Å². The van der Waals surface area contributed by atoms with Gasteiger partial charge < -0.3 is 37.9 Å². The number of hydrogen-bond donors (Lipinski definition) is 0. The molecule has 0 saturated carbocycles. The lowest BCUT2D eigenvalue weighted by Gasteiger charge is -2.36. The summed E-state index contributed by atoms with van der Waals surface area (Å²) in [4.78, 5) is 17.8. The SMILES string of the molecule is CCCCCCCCCCCC1c2cc3c4c(C#Cc5ccncc5)c2OCOc2c1cc1c(c2C#Cc2ccncc2)OCOc2c(cc5c(c2C#Cc2ccncc2)OCOc2c(cc(c(c2C#Cc2ccncc2)OCO4)C3CCCCCCCCCCC)C5CCCCCCCCCCC)C1CCCCCCCCCCC. The number of benzene rings is 4. The fraction of sp³-hybridized carbons (Fsp3) is 0.500. The van der Waals surface area contributed by atoms with Gasteiger partial charge in [-0.05, 0) is 98.5 Å². The zero-order valence-electron chi connectivity index (χ0n) is 70.0. The van der Waals surface area contributed by atoms with Gasteiger partial charge in [0.05, 0.1) is 0 Å². The molecule has 0 N–H and O–H groups in total. The van der Waals surface area contributed by atoms with Gasteiger partial charge in [-0.2, -0.15) is 0 Å². The molecule has 116 heavy (non-hydrogen) atoms. The second kappa shape index (κ2) is 45.6. The van der Waals surface area contributed by atoms with Gasteiger partial charge in [0.15, 0.2) is 0 Å². The van der Waals surface area contributed by atoms with Crippen LogP contribution in [0, 0.1) is 47.4 Å². The number of rotatable bonds is 40. The summed E-state index contributed by atoms with van der Waals surface area (Å²) in [7, 11) is 0. The molecule has 8 bridgehead atoms. The van der Waals surface area contributed by atoms with Gasteiger partial charge in [0.25, 0.3) is 0 Å². The van der Waals surface area contributed by atoms with Crippen LogP contribution in [0.5, 0.6) is 46.0 Å². The van der Waals surface area contributed by atoms with E-state index in [-0.39, 0.29) is 50.8 Å². The van der Waals surface area contributed by atoms with E-state index in [2.05, 4.69) is 119 Å². The highest BCUT2D eigenvalue weighted by atomic mass is 16.7. The maximum absolute atomic E-state index is 7.40. The van der Waals surface area contributed by atoms with Crippen LogP contribution in [0.3, 0.4) is 0 Å². The summed E-state index contributed by atoms with van der Waals surface area (Å²) in [5.74, 6) is 33.7. The van der Waals surface area contributed by atoms with Crippen LogP contribution in [-0.2, 0) is 0 Å². The average Bonchev–Trinajstić information content (AvgIpc) is 0.720. The Bertz CT molecular complexity index is 3990. The molecule has 608 valence electrons. The van der Waals surface area contributed by atoms with Gasteiger partial charge in [0.2, 0.25) is 27.2 Å². The van der Waals surface area contributed by atoms with Crippen LogP contribution in [0.15, 0.2) is 122 Å². The van der Waals surface area contributed by atoms with E-state index < -0.39 is 0 Å². The van der Waals surface area contributed by atoms with Crippen LogP contribution in [-0.4, -0.2) is 47.1 Å². The fourth-order valence-corrected chi connectivity index (χ4v) is 18.0. The molecule has 8 aromatic rings. The third kappa shape index (κ3) is 22.4. The number of aromatic nitrogens is 4. The zero-order chi connectivity index (χ0) is 79.6. The summed E-state index contributed by atoms with van der Waals surface area (Å²) in [6.45, 7) is 8.57. The predicted molar refractivity (Wildman–Crippen MR) is 466 cm³/mol. The van der Waals surface area contributed by atoms with Crippen LogP contribution in [0.1, 0.15) is 397 Å². The molecule has 0 radical (unpaired) electrons. The van der Waals surface area contributed by atoms with Crippen LogP contribution in [0.25, 0.3) is 0 Å². The lowest BCUT2D eigenvalue weighted by Crippen LogP contribution is -2.25. The van der Waals surface area contributed by atoms with Gasteiger partial charge in [-0.15, -0.1) is 0 Å².